The monoisotopic (exact) mass is 438 g/mol. The van der Waals surface area contributed by atoms with Crippen LogP contribution in [-0.4, -0.2) is 24.1 Å². The lowest BCUT2D eigenvalue weighted by molar-refractivity contribution is 0.544. The third-order valence-corrected chi connectivity index (χ3v) is 3.72. The molecule has 2 N–H and O–H groups in total. The molecule has 2 heterocycles. The summed E-state index contributed by atoms with van der Waals surface area (Å²) in [5, 5.41) is 7.77. The molecule has 128 valence electrons. The summed E-state index contributed by atoms with van der Waals surface area (Å²) in [6.45, 7) is 1.53. The molecule has 5 nitrogen and oxygen atoms in total. The Morgan fingerprint density at radius 3 is 2.75 bits per heavy atom. The van der Waals surface area contributed by atoms with Crippen LogP contribution in [0, 0.1) is 0 Å². The molecule has 2 aromatic heterocycles. The van der Waals surface area contributed by atoms with Gasteiger partial charge in [0.2, 0.25) is 0 Å². The second kappa shape index (κ2) is 8.77. The number of para-hydroxylation sites is 1. The Bertz CT molecular complexity index is 773. The largest absolute Gasteiger partial charge is 0.461 e. The van der Waals surface area contributed by atoms with Crippen LogP contribution in [0.5, 0.6) is 0 Å². The van der Waals surface area contributed by atoms with Gasteiger partial charge in [0, 0.05) is 51.4 Å². The molecule has 0 aliphatic carbocycles. The van der Waals surface area contributed by atoms with Gasteiger partial charge >= 0.3 is 0 Å². The molecule has 0 bridgehead atoms. The predicted molar refractivity (Wildman–Crippen MR) is 109 cm³/mol. The van der Waals surface area contributed by atoms with Crippen LogP contribution in [-0.2, 0) is 20.0 Å². The fourth-order valence-corrected chi connectivity index (χ4v) is 2.54. The summed E-state index contributed by atoms with van der Waals surface area (Å²) in [5.41, 5.74) is 2.17. The molecule has 0 saturated heterocycles. The van der Waals surface area contributed by atoms with E-state index in [0.29, 0.717) is 0 Å². The summed E-state index contributed by atoms with van der Waals surface area (Å²) in [6, 6.07) is 12.3. The second-order valence-electron chi connectivity index (χ2n) is 5.54. The second-order valence-corrected chi connectivity index (χ2v) is 5.54. The first-order valence-electron chi connectivity index (χ1n) is 7.77. The lowest BCUT2D eigenvalue weighted by Crippen LogP contribution is -2.37. The molecular formula is C18H23IN4O. The molecule has 0 spiro atoms. The van der Waals surface area contributed by atoms with E-state index >= 15 is 0 Å². The third kappa shape index (κ3) is 4.77. The molecule has 1 aromatic carbocycles. The van der Waals surface area contributed by atoms with Gasteiger partial charge in [0.25, 0.3) is 0 Å². The summed E-state index contributed by atoms with van der Waals surface area (Å²) in [5.74, 6) is 1.78. The van der Waals surface area contributed by atoms with Crippen LogP contribution >= 0.6 is 24.0 Å². The molecule has 0 saturated carbocycles. The molecule has 0 amide bonds. The zero-order chi connectivity index (χ0) is 16.1. The zero-order valence-corrected chi connectivity index (χ0v) is 16.3. The Morgan fingerprint density at radius 2 is 2.04 bits per heavy atom. The molecule has 0 atom stereocenters. The Balaban J connectivity index is 0.00000208. The summed E-state index contributed by atoms with van der Waals surface area (Å²) in [4.78, 5) is 4.24. The van der Waals surface area contributed by atoms with Crippen molar-refractivity contribution in [1.82, 2.24) is 15.2 Å². The van der Waals surface area contributed by atoms with E-state index in [0.717, 1.165) is 42.2 Å². The van der Waals surface area contributed by atoms with Crippen LogP contribution in [0.15, 0.2) is 58.2 Å². The number of aryl methyl sites for hydroxylation is 1. The topological polar surface area (TPSA) is 54.5 Å². The number of guanidine groups is 1. The number of hydrogen-bond acceptors (Lipinski definition) is 2. The number of halogens is 1. The van der Waals surface area contributed by atoms with E-state index in [2.05, 4.69) is 40.0 Å². The number of aromatic nitrogens is 1. The molecule has 0 fully saturated rings. The van der Waals surface area contributed by atoms with E-state index in [4.69, 9.17) is 4.42 Å². The molecular weight excluding hydrogens is 415 g/mol. The molecule has 6 heteroatoms. The minimum absolute atomic E-state index is 0. The van der Waals surface area contributed by atoms with Crippen molar-refractivity contribution in [2.45, 2.75) is 13.0 Å². The summed E-state index contributed by atoms with van der Waals surface area (Å²) in [6.07, 6.45) is 4.95. The Kier molecular flexibility index (Phi) is 6.72. The van der Waals surface area contributed by atoms with Crippen molar-refractivity contribution >= 4 is 40.9 Å². The maximum Gasteiger partial charge on any atom is 0.191 e. The van der Waals surface area contributed by atoms with Crippen molar-refractivity contribution in [3.8, 4) is 0 Å². The molecule has 3 aromatic rings. The maximum absolute atomic E-state index is 5.81. The van der Waals surface area contributed by atoms with Crippen molar-refractivity contribution in [3.05, 3.63) is 60.1 Å². The van der Waals surface area contributed by atoms with Gasteiger partial charge in [-0.1, -0.05) is 18.2 Å². The van der Waals surface area contributed by atoms with E-state index < -0.39 is 0 Å². The average molecular weight is 438 g/mol. The predicted octanol–water partition coefficient (Wildman–Crippen LogP) is 3.30. The lowest BCUT2D eigenvalue weighted by Gasteiger charge is -2.10. The highest BCUT2D eigenvalue weighted by Crippen LogP contribution is 2.18. The van der Waals surface area contributed by atoms with E-state index in [9.17, 15) is 0 Å². The number of benzene rings is 1. The van der Waals surface area contributed by atoms with Gasteiger partial charge in [-0.25, -0.2) is 0 Å². The molecule has 0 aliphatic heterocycles. The van der Waals surface area contributed by atoms with Crippen molar-refractivity contribution < 1.29 is 4.42 Å². The minimum Gasteiger partial charge on any atom is -0.461 e. The van der Waals surface area contributed by atoms with E-state index in [-0.39, 0.29) is 24.0 Å². The first kappa shape index (κ1) is 18.4. The number of hydrogen-bond donors (Lipinski definition) is 2. The summed E-state index contributed by atoms with van der Waals surface area (Å²) >= 11 is 0. The van der Waals surface area contributed by atoms with Crippen molar-refractivity contribution in [2.24, 2.45) is 12.0 Å². The number of aliphatic imine (C=N–C) groups is 1. The van der Waals surface area contributed by atoms with Crippen LogP contribution in [0.2, 0.25) is 0 Å². The van der Waals surface area contributed by atoms with E-state index in [1.165, 1.54) is 5.56 Å². The number of furan rings is 1. The first-order valence-corrected chi connectivity index (χ1v) is 7.77. The van der Waals surface area contributed by atoms with Gasteiger partial charge < -0.3 is 19.6 Å². The maximum atomic E-state index is 5.81. The number of fused-ring (bicyclic) bond motifs is 1. The highest BCUT2D eigenvalue weighted by Gasteiger charge is 2.04. The highest BCUT2D eigenvalue weighted by atomic mass is 127. The Morgan fingerprint density at radius 1 is 1.21 bits per heavy atom. The molecule has 0 radical (unpaired) electrons. The quantitative estimate of drug-likeness (QED) is 0.365. The third-order valence-electron chi connectivity index (χ3n) is 3.72. The van der Waals surface area contributed by atoms with Crippen molar-refractivity contribution in [1.29, 1.82) is 0 Å². The molecule has 0 unspecified atom stereocenters. The Hall–Kier alpha value is -1.96. The van der Waals surface area contributed by atoms with Crippen LogP contribution in [0.3, 0.4) is 0 Å². The number of nitrogens with one attached hydrogen (secondary N) is 2. The van der Waals surface area contributed by atoms with Gasteiger partial charge in [-0.15, -0.1) is 24.0 Å². The Labute approximate surface area is 159 Å². The fourth-order valence-electron chi connectivity index (χ4n) is 2.54. The molecule has 3 rings (SSSR count). The normalized spacial score (nSPS) is 11.3. The van der Waals surface area contributed by atoms with Crippen LogP contribution in [0.4, 0.5) is 0 Å². The van der Waals surface area contributed by atoms with Gasteiger partial charge in [0.15, 0.2) is 5.96 Å². The standard InChI is InChI=1S/C18H22N4O.HI/c1-19-18(21-12-14-8-10-22(2)13-14)20-9-7-16-11-15-5-3-4-6-17(15)23-16;/h3-6,8,10-11,13H,7,9,12H2,1-2H3,(H2,19,20,21);1H. The summed E-state index contributed by atoms with van der Waals surface area (Å²) < 4.78 is 7.85. The van der Waals surface area contributed by atoms with Gasteiger partial charge in [-0.05, 0) is 23.8 Å². The van der Waals surface area contributed by atoms with E-state index in [1.54, 1.807) is 7.05 Å². The smallest absolute Gasteiger partial charge is 0.191 e. The van der Waals surface area contributed by atoms with Crippen LogP contribution < -0.4 is 10.6 Å². The van der Waals surface area contributed by atoms with Gasteiger partial charge in [0.05, 0.1) is 0 Å². The van der Waals surface area contributed by atoms with Gasteiger partial charge in [-0.3, -0.25) is 4.99 Å². The SMILES string of the molecule is CN=C(NCCc1cc2ccccc2o1)NCc1ccn(C)c1.I. The van der Waals surface area contributed by atoms with Gasteiger partial charge in [-0.2, -0.15) is 0 Å². The fraction of sp³-hybridized carbons (Fsp3) is 0.278. The van der Waals surface area contributed by atoms with Crippen LogP contribution in [0.25, 0.3) is 11.0 Å². The van der Waals surface area contributed by atoms with E-state index in [1.807, 2.05) is 36.0 Å². The highest BCUT2D eigenvalue weighted by molar-refractivity contribution is 14.0. The van der Waals surface area contributed by atoms with Crippen LogP contribution in [0.1, 0.15) is 11.3 Å². The first-order chi connectivity index (χ1) is 11.2. The number of rotatable bonds is 5. The van der Waals surface area contributed by atoms with Crippen molar-refractivity contribution in [3.63, 3.8) is 0 Å². The minimum atomic E-state index is 0. The molecule has 0 aliphatic rings. The zero-order valence-electron chi connectivity index (χ0n) is 14.0. The summed E-state index contributed by atoms with van der Waals surface area (Å²) in [7, 11) is 3.80. The molecule has 24 heavy (non-hydrogen) atoms. The number of nitrogens with zero attached hydrogens (tertiary/aromatic N) is 2. The lowest BCUT2D eigenvalue weighted by atomic mass is 10.2. The van der Waals surface area contributed by atoms with Crippen molar-refractivity contribution in [2.75, 3.05) is 13.6 Å². The average Bonchev–Trinajstić information content (AvgIpc) is 3.16. The van der Waals surface area contributed by atoms with Gasteiger partial charge in [0.1, 0.15) is 11.3 Å².